The molecule has 1 aromatic carbocycles. The van der Waals surface area contributed by atoms with Crippen LogP contribution < -0.4 is 11.1 Å². The standard InChI is InChI=1S/C19H24N6O4/c1-10-3-2-4-11(7-10)5-6-21-19-23-16(20)13-17(24-19)25(9-22-13)18-15(28)14(27)12(8-26)29-18/h2-4,7,9,12,14-15,18,26-28H,5-6,8H2,1H3,(H3,20,21,23,24)/t12-,14-,15-,18-/m1/s1. The summed E-state index contributed by atoms with van der Waals surface area (Å²) in [4.78, 5) is 12.9. The number of fused-ring (bicyclic) bond motifs is 1. The third-order valence-corrected chi connectivity index (χ3v) is 5.02. The number of rotatable bonds is 6. The zero-order valence-electron chi connectivity index (χ0n) is 15.9. The second-order valence-corrected chi connectivity index (χ2v) is 7.15. The van der Waals surface area contributed by atoms with Gasteiger partial charge in [-0.25, -0.2) is 4.98 Å². The molecule has 3 aromatic rings. The summed E-state index contributed by atoms with van der Waals surface area (Å²) < 4.78 is 7.06. The van der Waals surface area contributed by atoms with Crippen LogP contribution in [0.15, 0.2) is 30.6 Å². The molecule has 154 valence electrons. The number of benzene rings is 1. The van der Waals surface area contributed by atoms with E-state index in [9.17, 15) is 15.3 Å². The fraction of sp³-hybridized carbons (Fsp3) is 0.421. The van der Waals surface area contributed by atoms with Crippen LogP contribution in [-0.2, 0) is 11.2 Å². The van der Waals surface area contributed by atoms with Gasteiger partial charge in [0.2, 0.25) is 5.95 Å². The first-order valence-electron chi connectivity index (χ1n) is 9.40. The van der Waals surface area contributed by atoms with Gasteiger partial charge in [-0.05, 0) is 18.9 Å². The SMILES string of the molecule is Cc1cccc(CCNc2nc(N)c3ncn([C@@H]4O[C@H](CO)[C@@H](O)[C@H]4O)c3n2)c1. The number of anilines is 2. The van der Waals surface area contributed by atoms with Crippen molar-refractivity contribution < 1.29 is 20.1 Å². The molecule has 0 aliphatic carbocycles. The minimum absolute atomic E-state index is 0.193. The van der Waals surface area contributed by atoms with Crippen LogP contribution >= 0.6 is 0 Å². The molecule has 2 aromatic heterocycles. The summed E-state index contributed by atoms with van der Waals surface area (Å²) in [7, 11) is 0. The van der Waals surface area contributed by atoms with Crippen LogP contribution in [0.5, 0.6) is 0 Å². The lowest BCUT2D eigenvalue weighted by molar-refractivity contribution is -0.0511. The summed E-state index contributed by atoms with van der Waals surface area (Å²) in [6.07, 6.45) is -2.07. The molecule has 1 saturated heterocycles. The highest BCUT2D eigenvalue weighted by molar-refractivity contribution is 5.83. The minimum atomic E-state index is -1.24. The Kier molecular flexibility index (Phi) is 5.33. The Bertz CT molecular complexity index is 1010. The number of aliphatic hydroxyl groups is 3. The smallest absolute Gasteiger partial charge is 0.226 e. The molecule has 0 radical (unpaired) electrons. The second-order valence-electron chi connectivity index (χ2n) is 7.15. The van der Waals surface area contributed by atoms with Gasteiger partial charge in [0.05, 0.1) is 12.9 Å². The highest BCUT2D eigenvalue weighted by Crippen LogP contribution is 2.32. The highest BCUT2D eigenvalue weighted by Gasteiger charge is 2.44. The van der Waals surface area contributed by atoms with E-state index in [2.05, 4.69) is 32.4 Å². The third-order valence-electron chi connectivity index (χ3n) is 5.02. The quantitative estimate of drug-likeness (QED) is 0.384. The number of aliphatic hydroxyl groups excluding tert-OH is 3. The molecule has 4 rings (SSSR count). The van der Waals surface area contributed by atoms with E-state index >= 15 is 0 Å². The topological polar surface area (TPSA) is 152 Å². The predicted octanol–water partition coefficient (Wildman–Crippen LogP) is -0.0170. The van der Waals surface area contributed by atoms with Gasteiger partial charge >= 0.3 is 0 Å². The number of nitrogen functional groups attached to an aromatic ring is 1. The molecule has 1 aliphatic rings. The monoisotopic (exact) mass is 400 g/mol. The Hall–Kier alpha value is -2.79. The molecule has 6 N–H and O–H groups in total. The van der Waals surface area contributed by atoms with Gasteiger partial charge in [-0.2, -0.15) is 9.97 Å². The van der Waals surface area contributed by atoms with Crippen LogP contribution in [0.2, 0.25) is 0 Å². The zero-order chi connectivity index (χ0) is 20.5. The number of hydrogen-bond donors (Lipinski definition) is 5. The second kappa shape index (κ2) is 7.91. The lowest BCUT2D eigenvalue weighted by Crippen LogP contribution is -2.33. The predicted molar refractivity (Wildman–Crippen MR) is 106 cm³/mol. The minimum Gasteiger partial charge on any atom is -0.394 e. The van der Waals surface area contributed by atoms with Crippen LogP contribution in [0, 0.1) is 6.92 Å². The lowest BCUT2D eigenvalue weighted by atomic mass is 10.1. The number of hydrogen-bond acceptors (Lipinski definition) is 9. The summed E-state index contributed by atoms with van der Waals surface area (Å²) in [5.74, 6) is 0.523. The molecule has 0 bridgehead atoms. The Morgan fingerprint density at radius 3 is 2.79 bits per heavy atom. The molecule has 1 fully saturated rings. The van der Waals surface area contributed by atoms with E-state index in [1.807, 2.05) is 19.1 Å². The number of aromatic nitrogens is 4. The number of nitrogens with one attached hydrogen (secondary N) is 1. The van der Waals surface area contributed by atoms with Crippen molar-refractivity contribution in [2.75, 3.05) is 24.2 Å². The molecule has 3 heterocycles. The summed E-state index contributed by atoms with van der Waals surface area (Å²) in [6, 6.07) is 8.25. The third kappa shape index (κ3) is 3.75. The maximum absolute atomic E-state index is 10.3. The average molecular weight is 400 g/mol. The van der Waals surface area contributed by atoms with Crippen LogP contribution in [0.4, 0.5) is 11.8 Å². The van der Waals surface area contributed by atoms with Crippen molar-refractivity contribution >= 4 is 22.9 Å². The van der Waals surface area contributed by atoms with Gasteiger partial charge in [0, 0.05) is 6.54 Å². The molecule has 10 heteroatoms. The number of nitrogens with zero attached hydrogens (tertiary/aromatic N) is 4. The highest BCUT2D eigenvalue weighted by atomic mass is 16.6. The van der Waals surface area contributed by atoms with E-state index in [1.165, 1.54) is 22.0 Å². The van der Waals surface area contributed by atoms with E-state index < -0.39 is 31.1 Å². The number of aryl methyl sites for hydroxylation is 1. The van der Waals surface area contributed by atoms with E-state index in [-0.39, 0.29) is 5.82 Å². The van der Waals surface area contributed by atoms with E-state index in [0.717, 1.165) is 6.42 Å². The van der Waals surface area contributed by atoms with Crippen molar-refractivity contribution in [2.45, 2.75) is 37.9 Å². The number of imidazole rings is 1. The Morgan fingerprint density at radius 1 is 1.24 bits per heavy atom. The van der Waals surface area contributed by atoms with Crippen LogP contribution in [0.25, 0.3) is 11.2 Å². The maximum Gasteiger partial charge on any atom is 0.226 e. The molecule has 0 spiro atoms. The van der Waals surface area contributed by atoms with E-state index in [1.54, 1.807) is 0 Å². The molecule has 0 saturated carbocycles. The van der Waals surface area contributed by atoms with Gasteiger partial charge in [0.15, 0.2) is 17.7 Å². The first-order chi connectivity index (χ1) is 14.0. The van der Waals surface area contributed by atoms with Gasteiger partial charge in [-0.3, -0.25) is 4.57 Å². The molecule has 0 unspecified atom stereocenters. The molecule has 29 heavy (non-hydrogen) atoms. The van der Waals surface area contributed by atoms with Crippen LogP contribution in [-0.4, -0.2) is 66.3 Å². The zero-order valence-corrected chi connectivity index (χ0v) is 15.9. The van der Waals surface area contributed by atoms with Crippen molar-refractivity contribution in [3.63, 3.8) is 0 Å². The summed E-state index contributed by atoms with van der Waals surface area (Å²) >= 11 is 0. The van der Waals surface area contributed by atoms with Gasteiger partial charge in [0.25, 0.3) is 0 Å². The number of ether oxygens (including phenoxy) is 1. The molecule has 0 amide bonds. The lowest BCUT2D eigenvalue weighted by Gasteiger charge is -2.16. The fourth-order valence-corrected chi connectivity index (χ4v) is 3.50. The first kappa shape index (κ1) is 19.5. The van der Waals surface area contributed by atoms with Gasteiger partial charge in [-0.15, -0.1) is 0 Å². The Labute approximate surface area is 167 Å². The average Bonchev–Trinajstić information content (AvgIpc) is 3.24. The summed E-state index contributed by atoms with van der Waals surface area (Å²) in [5.41, 5.74) is 9.16. The van der Waals surface area contributed by atoms with Gasteiger partial charge in [-0.1, -0.05) is 29.8 Å². The largest absolute Gasteiger partial charge is 0.394 e. The Morgan fingerprint density at radius 2 is 2.07 bits per heavy atom. The van der Waals surface area contributed by atoms with Crippen molar-refractivity contribution in [3.05, 3.63) is 41.7 Å². The molecular formula is C19H24N6O4. The fourth-order valence-electron chi connectivity index (χ4n) is 3.50. The van der Waals surface area contributed by atoms with Crippen molar-refractivity contribution in [2.24, 2.45) is 0 Å². The molecular weight excluding hydrogens is 376 g/mol. The summed E-state index contributed by atoms with van der Waals surface area (Å²) in [5, 5.41) is 32.8. The van der Waals surface area contributed by atoms with E-state index in [4.69, 9.17) is 10.5 Å². The maximum atomic E-state index is 10.3. The van der Waals surface area contributed by atoms with E-state index in [0.29, 0.717) is 23.7 Å². The van der Waals surface area contributed by atoms with Crippen molar-refractivity contribution in [1.82, 2.24) is 19.5 Å². The normalized spacial score (nSPS) is 24.3. The van der Waals surface area contributed by atoms with Gasteiger partial charge in [0.1, 0.15) is 23.8 Å². The van der Waals surface area contributed by atoms with Gasteiger partial charge < -0.3 is 31.1 Å². The first-order valence-corrected chi connectivity index (χ1v) is 9.40. The summed E-state index contributed by atoms with van der Waals surface area (Å²) in [6.45, 7) is 2.24. The van der Waals surface area contributed by atoms with Crippen LogP contribution in [0.3, 0.4) is 0 Å². The van der Waals surface area contributed by atoms with Crippen molar-refractivity contribution in [3.8, 4) is 0 Å². The number of nitrogens with two attached hydrogens (primary N) is 1. The molecule has 4 atom stereocenters. The Balaban J connectivity index is 1.55. The molecule has 1 aliphatic heterocycles. The molecule has 10 nitrogen and oxygen atoms in total. The van der Waals surface area contributed by atoms with Crippen molar-refractivity contribution in [1.29, 1.82) is 0 Å². The van der Waals surface area contributed by atoms with Crippen LogP contribution in [0.1, 0.15) is 17.4 Å².